The lowest BCUT2D eigenvalue weighted by Crippen LogP contribution is -2.56. The number of ketones is 1. The van der Waals surface area contributed by atoms with Gasteiger partial charge in [-0.2, -0.15) is 5.10 Å². The molecule has 0 N–H and O–H groups in total. The first-order valence-corrected chi connectivity index (χ1v) is 11.5. The lowest BCUT2D eigenvalue weighted by Gasteiger charge is -2.43. The SMILES string of the molecule is O=C1c2ccccc2CCC12C(c1ccccc1)C(c1ccccc1)=NN2c1ccccc1. The second-order valence-electron chi connectivity index (χ2n) is 8.75. The van der Waals surface area contributed by atoms with Crippen LogP contribution < -0.4 is 5.01 Å². The van der Waals surface area contributed by atoms with Crippen LogP contribution in [0.4, 0.5) is 5.69 Å². The topological polar surface area (TPSA) is 32.7 Å². The van der Waals surface area contributed by atoms with E-state index in [1.165, 1.54) is 0 Å². The Balaban J connectivity index is 1.63. The van der Waals surface area contributed by atoms with Crippen LogP contribution in [0.3, 0.4) is 0 Å². The Hall–Kier alpha value is -3.98. The minimum absolute atomic E-state index is 0.150. The number of aryl methyl sites for hydroxylation is 1. The molecule has 0 aromatic heterocycles. The van der Waals surface area contributed by atoms with Crippen molar-refractivity contribution in [2.45, 2.75) is 24.3 Å². The number of Topliss-reactive ketones (excluding diaryl/α,β-unsaturated/α-hetero) is 1. The van der Waals surface area contributed by atoms with E-state index < -0.39 is 5.54 Å². The smallest absolute Gasteiger partial charge is 0.191 e. The normalized spacial score (nSPS) is 21.7. The minimum atomic E-state index is -0.817. The van der Waals surface area contributed by atoms with E-state index >= 15 is 0 Å². The zero-order valence-electron chi connectivity index (χ0n) is 18.3. The van der Waals surface area contributed by atoms with Gasteiger partial charge in [-0.15, -0.1) is 0 Å². The first kappa shape index (κ1) is 19.7. The number of hydrogen-bond acceptors (Lipinski definition) is 3. The van der Waals surface area contributed by atoms with Crippen LogP contribution in [0.2, 0.25) is 0 Å². The molecule has 1 aliphatic heterocycles. The summed E-state index contributed by atoms with van der Waals surface area (Å²) in [4.78, 5) is 14.5. The number of hydrazone groups is 1. The molecule has 4 aromatic rings. The second kappa shape index (κ2) is 7.86. The molecule has 0 fully saturated rings. The van der Waals surface area contributed by atoms with Crippen molar-refractivity contribution in [1.82, 2.24) is 0 Å². The molecular formula is C30H24N2O. The molecule has 1 aliphatic carbocycles. The zero-order valence-corrected chi connectivity index (χ0v) is 18.3. The van der Waals surface area contributed by atoms with Gasteiger partial charge in [0.15, 0.2) is 5.78 Å². The van der Waals surface area contributed by atoms with E-state index in [0.29, 0.717) is 6.42 Å². The second-order valence-corrected chi connectivity index (χ2v) is 8.75. The number of benzene rings is 4. The van der Waals surface area contributed by atoms with Gasteiger partial charge in [0.05, 0.1) is 17.3 Å². The number of rotatable bonds is 3. The average Bonchev–Trinajstić information content (AvgIpc) is 3.24. The molecule has 6 rings (SSSR count). The summed E-state index contributed by atoms with van der Waals surface area (Å²) in [5, 5.41) is 7.23. The van der Waals surface area contributed by atoms with E-state index in [4.69, 9.17) is 5.10 Å². The number of hydrogen-bond donors (Lipinski definition) is 0. The largest absolute Gasteiger partial charge is 0.291 e. The Bertz CT molecular complexity index is 1330. The summed E-state index contributed by atoms with van der Waals surface area (Å²) in [5.41, 5.74) is 5.18. The summed E-state index contributed by atoms with van der Waals surface area (Å²) in [5.74, 6) is -0.0288. The molecule has 0 saturated heterocycles. The van der Waals surface area contributed by atoms with Gasteiger partial charge < -0.3 is 0 Å². The number of fused-ring (bicyclic) bond motifs is 1. The van der Waals surface area contributed by atoms with E-state index in [-0.39, 0.29) is 11.7 Å². The van der Waals surface area contributed by atoms with Crippen LogP contribution in [0, 0.1) is 0 Å². The van der Waals surface area contributed by atoms with Crippen molar-refractivity contribution in [3.63, 3.8) is 0 Å². The van der Waals surface area contributed by atoms with Gasteiger partial charge >= 0.3 is 0 Å². The fourth-order valence-corrected chi connectivity index (χ4v) is 5.48. The molecule has 33 heavy (non-hydrogen) atoms. The maximum atomic E-state index is 14.5. The first-order valence-electron chi connectivity index (χ1n) is 11.5. The molecule has 0 amide bonds. The van der Waals surface area contributed by atoms with Gasteiger partial charge in [0.25, 0.3) is 0 Å². The van der Waals surface area contributed by atoms with Crippen molar-refractivity contribution < 1.29 is 4.79 Å². The molecule has 3 nitrogen and oxygen atoms in total. The standard InChI is InChI=1S/C30H24N2O/c33-29-26-19-11-10-12-22(26)20-21-30(29)27(23-13-4-1-5-14-23)28(24-15-6-2-7-16-24)31-32(30)25-17-8-3-9-18-25/h1-19,27H,20-21H2. The Morgan fingerprint density at radius 2 is 1.33 bits per heavy atom. The van der Waals surface area contributed by atoms with E-state index in [2.05, 4.69) is 54.6 Å². The molecule has 3 heteroatoms. The van der Waals surface area contributed by atoms with E-state index in [0.717, 1.165) is 40.1 Å². The molecule has 0 radical (unpaired) electrons. The average molecular weight is 429 g/mol. The maximum Gasteiger partial charge on any atom is 0.191 e. The highest BCUT2D eigenvalue weighted by Gasteiger charge is 2.59. The summed E-state index contributed by atoms with van der Waals surface area (Å²) in [6.07, 6.45) is 1.54. The van der Waals surface area contributed by atoms with Crippen molar-refractivity contribution in [2.75, 3.05) is 5.01 Å². The molecule has 0 bridgehead atoms. The highest BCUT2D eigenvalue weighted by atomic mass is 16.1. The van der Waals surface area contributed by atoms with Gasteiger partial charge in [0.2, 0.25) is 0 Å². The van der Waals surface area contributed by atoms with E-state index in [1.54, 1.807) is 0 Å². The number of carbonyl (C=O) groups is 1. The van der Waals surface area contributed by atoms with Crippen molar-refractivity contribution in [1.29, 1.82) is 0 Å². The van der Waals surface area contributed by atoms with Gasteiger partial charge in [-0.05, 0) is 41.7 Å². The van der Waals surface area contributed by atoms with Crippen molar-refractivity contribution >= 4 is 17.2 Å². The van der Waals surface area contributed by atoms with Gasteiger partial charge in [0.1, 0.15) is 5.54 Å². The highest BCUT2D eigenvalue weighted by Crippen LogP contribution is 2.50. The zero-order chi connectivity index (χ0) is 22.3. The molecule has 160 valence electrons. The van der Waals surface area contributed by atoms with Crippen molar-refractivity contribution in [2.24, 2.45) is 5.10 Å². The van der Waals surface area contributed by atoms with Crippen LogP contribution in [0.1, 0.15) is 39.4 Å². The molecule has 1 spiro atoms. The summed E-state index contributed by atoms with van der Waals surface area (Å²) in [6.45, 7) is 0. The lowest BCUT2D eigenvalue weighted by molar-refractivity contribution is 0.0856. The van der Waals surface area contributed by atoms with Crippen LogP contribution in [0.5, 0.6) is 0 Å². The quantitative estimate of drug-likeness (QED) is 0.386. The Kier molecular flexibility index (Phi) is 4.69. The third-order valence-electron chi connectivity index (χ3n) is 6.97. The summed E-state index contributed by atoms with van der Waals surface area (Å²) in [7, 11) is 0. The third-order valence-corrected chi connectivity index (χ3v) is 6.97. The Morgan fingerprint density at radius 3 is 2.06 bits per heavy atom. The van der Waals surface area contributed by atoms with Crippen LogP contribution in [-0.2, 0) is 6.42 Å². The monoisotopic (exact) mass is 428 g/mol. The number of anilines is 1. The van der Waals surface area contributed by atoms with Gasteiger partial charge in [-0.25, -0.2) is 0 Å². The highest BCUT2D eigenvalue weighted by molar-refractivity contribution is 6.18. The Morgan fingerprint density at radius 1 is 0.727 bits per heavy atom. The summed E-state index contributed by atoms with van der Waals surface area (Å²) >= 11 is 0. The van der Waals surface area contributed by atoms with E-state index in [1.807, 2.05) is 65.7 Å². The van der Waals surface area contributed by atoms with Crippen LogP contribution in [0.15, 0.2) is 120 Å². The van der Waals surface area contributed by atoms with Crippen LogP contribution in [-0.4, -0.2) is 17.0 Å². The maximum absolute atomic E-state index is 14.5. The van der Waals surface area contributed by atoms with Crippen LogP contribution in [0.25, 0.3) is 0 Å². The number of para-hydroxylation sites is 1. The molecule has 1 heterocycles. The molecule has 4 aromatic carbocycles. The van der Waals surface area contributed by atoms with Gasteiger partial charge in [-0.3, -0.25) is 9.80 Å². The molecular weight excluding hydrogens is 404 g/mol. The number of nitrogens with zero attached hydrogens (tertiary/aromatic N) is 2. The summed E-state index contributed by atoms with van der Waals surface area (Å²) in [6, 6.07) is 38.9. The van der Waals surface area contributed by atoms with Crippen molar-refractivity contribution in [3.05, 3.63) is 138 Å². The molecule has 2 unspecified atom stereocenters. The third kappa shape index (κ3) is 3.04. The van der Waals surface area contributed by atoms with Gasteiger partial charge in [-0.1, -0.05) is 103 Å². The number of carbonyl (C=O) groups excluding carboxylic acids is 1. The summed E-state index contributed by atoms with van der Waals surface area (Å²) < 4.78 is 0. The lowest BCUT2D eigenvalue weighted by atomic mass is 9.65. The molecule has 2 aliphatic rings. The minimum Gasteiger partial charge on any atom is -0.291 e. The molecule has 2 atom stereocenters. The first-order chi connectivity index (χ1) is 16.3. The fraction of sp³-hybridized carbons (Fsp3) is 0.133. The predicted molar refractivity (Wildman–Crippen MR) is 133 cm³/mol. The van der Waals surface area contributed by atoms with Crippen molar-refractivity contribution in [3.8, 4) is 0 Å². The Labute approximate surface area is 194 Å². The van der Waals surface area contributed by atoms with Crippen LogP contribution >= 0.6 is 0 Å². The molecule has 0 saturated carbocycles. The predicted octanol–water partition coefficient (Wildman–Crippen LogP) is 6.26. The fourth-order valence-electron chi connectivity index (χ4n) is 5.48. The van der Waals surface area contributed by atoms with Gasteiger partial charge in [0, 0.05) is 5.56 Å². The van der Waals surface area contributed by atoms with E-state index in [9.17, 15) is 4.79 Å².